The first kappa shape index (κ1) is 68.4. The Kier molecular flexibility index (Phi) is 42.8. The van der Waals surface area contributed by atoms with Crippen LogP contribution in [0, 0.1) is 0 Å². The Bertz CT molecular complexity index is 1510. The van der Waals surface area contributed by atoms with Crippen LogP contribution in [-0.4, -0.2) is 88.3 Å². The quantitative estimate of drug-likeness (QED) is 0.0371. The lowest BCUT2D eigenvalue weighted by Crippen LogP contribution is -2.46. The number of benzene rings is 2. The summed E-state index contributed by atoms with van der Waals surface area (Å²) in [7, 11) is -4.36. The molecule has 2 aromatic carbocycles. The Balaban J connectivity index is 0.00000104. The van der Waals surface area contributed by atoms with E-state index in [2.05, 4.69) is 55.6 Å². The lowest BCUT2D eigenvalue weighted by Gasteiger charge is -2.35. The van der Waals surface area contributed by atoms with Gasteiger partial charge in [0, 0.05) is 10.8 Å². The molecule has 0 aromatic heterocycles. The van der Waals surface area contributed by atoms with Gasteiger partial charge in [-0.05, 0) is 89.2 Å². The average molecular weight is 1020 g/mol. The monoisotopic (exact) mass is 1020 g/mol. The lowest BCUT2D eigenvalue weighted by molar-refractivity contribution is -0.910. The molecule has 0 N–H and O–H groups in total. The van der Waals surface area contributed by atoms with Crippen molar-refractivity contribution in [1.82, 2.24) is 0 Å². The molecule has 0 aliphatic carbocycles. The number of quaternary nitrogens is 2. The summed E-state index contributed by atoms with van der Waals surface area (Å²) in [5, 5.41) is -0.158. The van der Waals surface area contributed by atoms with Gasteiger partial charge in [-0.15, -0.1) is 0 Å². The fourth-order valence-electron chi connectivity index (χ4n) is 10.0. The average Bonchev–Trinajstić information content (AvgIpc) is 3.32. The van der Waals surface area contributed by atoms with Crippen molar-refractivity contribution in [3.05, 3.63) is 36.4 Å². The second-order valence-corrected chi connectivity index (χ2v) is 24.4. The maximum absolute atomic E-state index is 11.0. The first-order chi connectivity index (χ1) is 33.6. The van der Waals surface area contributed by atoms with E-state index >= 15 is 0 Å². The molecule has 0 aliphatic rings. The molecule has 0 amide bonds. The third-order valence-electron chi connectivity index (χ3n) is 14.7. The Morgan fingerprint density at radius 3 is 0.643 bits per heavy atom. The van der Waals surface area contributed by atoms with E-state index in [-0.39, 0.29) is 10.8 Å². The van der Waals surface area contributed by atoms with Crippen LogP contribution in [0.3, 0.4) is 0 Å². The van der Waals surface area contributed by atoms with E-state index in [0.29, 0.717) is 0 Å². The van der Waals surface area contributed by atoms with Crippen molar-refractivity contribution in [2.24, 2.45) is 0 Å². The van der Waals surface area contributed by atoms with Crippen LogP contribution >= 0.6 is 0 Å². The minimum Gasteiger partial charge on any atom is -0.744 e. The highest BCUT2D eigenvalue weighted by Gasteiger charge is 2.21. The first-order valence-corrected chi connectivity index (χ1v) is 32.5. The fraction of sp³-hybridized carbons (Fsp3) is 0.833. The van der Waals surface area contributed by atoms with E-state index in [4.69, 9.17) is 0 Å². The van der Waals surface area contributed by atoms with Crippen molar-refractivity contribution >= 4 is 31.0 Å². The molecular formula is C60H114N2O6S2. The second-order valence-electron chi connectivity index (χ2n) is 21.7. The Hall–Kier alpha value is -1.56. The molecule has 2 aromatic rings. The van der Waals surface area contributed by atoms with Crippen LogP contribution in [0.25, 0.3) is 10.8 Å². The molecule has 0 saturated heterocycles. The molecule has 0 bridgehead atoms. The van der Waals surface area contributed by atoms with Crippen molar-refractivity contribution < 1.29 is 34.9 Å². The maximum atomic E-state index is 11.0. The highest BCUT2D eigenvalue weighted by atomic mass is 32.2. The van der Waals surface area contributed by atoms with E-state index in [1.807, 2.05) is 0 Å². The molecule has 8 nitrogen and oxygen atoms in total. The van der Waals surface area contributed by atoms with Gasteiger partial charge in [0.15, 0.2) is 0 Å². The number of hydrogen-bond donors (Lipinski definition) is 0. The molecular weight excluding hydrogens is 909 g/mol. The summed E-state index contributed by atoms with van der Waals surface area (Å²) in [6, 6.07) is 7.09. The van der Waals surface area contributed by atoms with Crippen molar-refractivity contribution in [1.29, 1.82) is 0 Å². The molecule has 0 spiro atoms. The van der Waals surface area contributed by atoms with E-state index in [0.717, 1.165) is 12.1 Å². The third kappa shape index (κ3) is 36.4. The molecule has 0 fully saturated rings. The van der Waals surface area contributed by atoms with Crippen LogP contribution < -0.4 is 0 Å². The van der Waals surface area contributed by atoms with Gasteiger partial charge in [0.05, 0.1) is 63.2 Å². The zero-order valence-electron chi connectivity index (χ0n) is 47.3. The van der Waals surface area contributed by atoms with Gasteiger partial charge in [0.2, 0.25) is 0 Å². The minimum absolute atomic E-state index is 0.0792. The van der Waals surface area contributed by atoms with Gasteiger partial charge in [0.25, 0.3) is 0 Å². The standard InChI is InChI=1S/2C25H54N.C10H8O6S2/c2*1-5-8-11-14-17-20-23-26(4,24-21-18-15-12-9-6-2)25-22-19-16-13-10-7-3;11-17(12,13)9-5-1-3-7-8(9)4-2-6-10(7)18(14,15)16/h2*5-25H2,1-4H3;1-6H,(H,11,12,13)(H,14,15,16)/q2*+1;/p-2. The van der Waals surface area contributed by atoms with Crippen LogP contribution in [0.15, 0.2) is 46.2 Å². The Labute approximate surface area is 436 Å². The summed E-state index contributed by atoms with van der Waals surface area (Å²) >= 11 is 0. The zero-order chi connectivity index (χ0) is 52.3. The summed E-state index contributed by atoms with van der Waals surface area (Å²) in [5.41, 5.74) is 0. The predicted molar refractivity (Wildman–Crippen MR) is 302 cm³/mol. The van der Waals surface area contributed by atoms with Crippen LogP contribution in [0.4, 0.5) is 0 Å². The molecule has 412 valence electrons. The van der Waals surface area contributed by atoms with Crippen LogP contribution in [-0.2, 0) is 20.2 Å². The van der Waals surface area contributed by atoms with Gasteiger partial charge in [-0.1, -0.05) is 220 Å². The lowest BCUT2D eigenvalue weighted by atomic mass is 10.1. The molecule has 0 saturated carbocycles. The normalized spacial score (nSPS) is 12.2. The van der Waals surface area contributed by atoms with Crippen LogP contribution in [0.5, 0.6) is 0 Å². The highest BCUT2D eigenvalue weighted by molar-refractivity contribution is 7.86. The second kappa shape index (κ2) is 43.8. The summed E-state index contributed by atoms with van der Waals surface area (Å²) in [6.45, 7) is 22.4. The van der Waals surface area contributed by atoms with Gasteiger partial charge in [-0.25, -0.2) is 16.8 Å². The van der Waals surface area contributed by atoms with E-state index in [9.17, 15) is 25.9 Å². The van der Waals surface area contributed by atoms with E-state index in [1.54, 1.807) is 0 Å². The van der Waals surface area contributed by atoms with Gasteiger partial charge in [0.1, 0.15) is 20.2 Å². The minimum atomic E-state index is -4.74. The molecule has 0 radical (unpaired) electrons. The van der Waals surface area contributed by atoms with Crippen molar-refractivity contribution in [3.8, 4) is 0 Å². The third-order valence-corrected chi connectivity index (χ3v) is 16.5. The van der Waals surface area contributed by atoms with Gasteiger partial charge in [-0.2, -0.15) is 0 Å². The van der Waals surface area contributed by atoms with Gasteiger partial charge >= 0.3 is 0 Å². The molecule has 2 rings (SSSR count). The topological polar surface area (TPSA) is 114 Å². The number of fused-ring (bicyclic) bond motifs is 1. The first-order valence-electron chi connectivity index (χ1n) is 29.7. The van der Waals surface area contributed by atoms with Gasteiger partial charge < -0.3 is 18.1 Å². The predicted octanol–water partition coefficient (Wildman–Crippen LogP) is 17.7. The molecule has 0 aliphatic heterocycles. The highest BCUT2D eigenvalue weighted by Crippen LogP contribution is 2.28. The van der Waals surface area contributed by atoms with Crippen molar-refractivity contribution in [2.45, 2.75) is 282 Å². The van der Waals surface area contributed by atoms with E-state index < -0.39 is 30.0 Å². The molecule has 0 atom stereocenters. The number of hydrogen-bond acceptors (Lipinski definition) is 6. The number of rotatable bonds is 44. The van der Waals surface area contributed by atoms with Crippen molar-refractivity contribution in [2.75, 3.05) is 53.4 Å². The Morgan fingerprint density at radius 2 is 0.471 bits per heavy atom. The van der Waals surface area contributed by atoms with Crippen LogP contribution in [0.1, 0.15) is 273 Å². The van der Waals surface area contributed by atoms with Crippen molar-refractivity contribution in [3.63, 3.8) is 0 Å². The molecule has 0 heterocycles. The summed E-state index contributed by atoms with van der Waals surface area (Å²) in [5.74, 6) is 0. The smallest absolute Gasteiger partial charge is 0.125 e. The zero-order valence-corrected chi connectivity index (χ0v) is 49.0. The number of nitrogens with zero attached hydrogens (tertiary/aromatic N) is 2. The molecule has 0 unspecified atom stereocenters. The molecule has 70 heavy (non-hydrogen) atoms. The summed E-state index contributed by atoms with van der Waals surface area (Å²) in [6.07, 6.45) is 51.7. The fourth-order valence-corrected chi connectivity index (χ4v) is 11.4. The summed E-state index contributed by atoms with van der Waals surface area (Å²) in [4.78, 5) is -1.10. The maximum Gasteiger partial charge on any atom is 0.125 e. The Morgan fingerprint density at radius 1 is 0.300 bits per heavy atom. The van der Waals surface area contributed by atoms with Gasteiger partial charge in [-0.3, -0.25) is 0 Å². The largest absolute Gasteiger partial charge is 0.744 e. The molecule has 10 heteroatoms. The summed E-state index contributed by atoms with van der Waals surface area (Å²) < 4.78 is 68.9. The van der Waals surface area contributed by atoms with E-state index in [1.165, 1.54) is 304 Å². The number of unbranched alkanes of at least 4 members (excludes halogenated alkanes) is 30. The SMILES string of the molecule is CCCCCCCC[N+](C)(CCCCCCCC)CCCCCCCC.CCCCCCCC[N+](C)(CCCCCCCC)CCCCCCCC.O=S(=O)([O-])c1cccc2c(S(=O)(=O)[O-])cccc12. The van der Waals surface area contributed by atoms with Crippen LogP contribution in [0.2, 0.25) is 0 Å².